The third kappa shape index (κ3) is 5.61. The van der Waals surface area contributed by atoms with E-state index in [4.69, 9.17) is 0 Å². The van der Waals surface area contributed by atoms with Crippen molar-refractivity contribution in [2.45, 2.75) is 50.2 Å². The van der Waals surface area contributed by atoms with Crippen molar-refractivity contribution < 1.29 is 13.2 Å². The van der Waals surface area contributed by atoms with Crippen molar-refractivity contribution in [2.24, 2.45) is 5.92 Å². The van der Waals surface area contributed by atoms with E-state index < -0.39 is 10.2 Å². The molecule has 1 atom stereocenters. The van der Waals surface area contributed by atoms with E-state index in [0.717, 1.165) is 23.8 Å². The minimum absolute atomic E-state index is 0.00194. The Morgan fingerprint density at radius 1 is 1.17 bits per heavy atom. The second-order valence-corrected chi connectivity index (χ2v) is 10.5. The van der Waals surface area contributed by atoms with Crippen LogP contribution in [0.3, 0.4) is 0 Å². The Balaban J connectivity index is 1.71. The van der Waals surface area contributed by atoms with E-state index in [1.165, 1.54) is 54.8 Å². The monoisotopic (exact) mass is 377 g/mol. The van der Waals surface area contributed by atoms with E-state index in [1.807, 2.05) is 11.8 Å². The molecule has 2 fully saturated rings. The van der Waals surface area contributed by atoms with E-state index in [1.54, 1.807) is 0 Å². The lowest BCUT2D eigenvalue weighted by molar-refractivity contribution is -0.125. The van der Waals surface area contributed by atoms with Gasteiger partial charge in [-0.3, -0.25) is 4.79 Å². The van der Waals surface area contributed by atoms with Gasteiger partial charge >= 0.3 is 0 Å². The summed E-state index contributed by atoms with van der Waals surface area (Å²) in [6.45, 7) is 1.47. The third-order valence-corrected chi connectivity index (χ3v) is 8.14. The van der Waals surface area contributed by atoms with Gasteiger partial charge in [-0.25, -0.2) is 0 Å². The molecule has 1 heterocycles. The van der Waals surface area contributed by atoms with Crippen LogP contribution >= 0.6 is 11.8 Å². The zero-order valence-electron chi connectivity index (χ0n) is 14.9. The van der Waals surface area contributed by atoms with Crippen LogP contribution in [0.1, 0.15) is 44.9 Å². The molecule has 1 N–H and O–H groups in total. The maximum atomic E-state index is 12.3. The Morgan fingerprint density at radius 2 is 1.88 bits per heavy atom. The van der Waals surface area contributed by atoms with Gasteiger partial charge in [-0.1, -0.05) is 19.3 Å². The largest absolute Gasteiger partial charge is 0.355 e. The molecule has 1 saturated heterocycles. The molecule has 6 nitrogen and oxygen atoms in total. The lowest BCUT2D eigenvalue weighted by Gasteiger charge is -2.32. The highest BCUT2D eigenvalue weighted by Crippen LogP contribution is 2.27. The number of nitrogens with one attached hydrogen (secondary N) is 1. The lowest BCUT2D eigenvalue weighted by atomic mass is 9.99. The van der Waals surface area contributed by atoms with Gasteiger partial charge in [-0.15, -0.1) is 0 Å². The van der Waals surface area contributed by atoms with Crippen LogP contribution in [0.25, 0.3) is 0 Å². The zero-order chi connectivity index (χ0) is 17.6. The predicted molar refractivity (Wildman–Crippen MR) is 99.2 cm³/mol. The Bertz CT molecular complexity index is 505. The molecule has 1 aliphatic carbocycles. The minimum atomic E-state index is -3.42. The highest BCUT2D eigenvalue weighted by molar-refractivity contribution is 7.99. The summed E-state index contributed by atoms with van der Waals surface area (Å²) >= 11 is 1.97. The molecule has 140 valence electrons. The van der Waals surface area contributed by atoms with Crippen LogP contribution in [0.15, 0.2) is 0 Å². The molecule has 0 radical (unpaired) electrons. The third-order valence-electron chi connectivity index (χ3n) is 4.85. The highest BCUT2D eigenvalue weighted by Gasteiger charge is 2.33. The molecule has 2 aliphatic rings. The number of hydrogen-bond acceptors (Lipinski definition) is 4. The van der Waals surface area contributed by atoms with Crippen LogP contribution in [0, 0.1) is 5.92 Å². The summed E-state index contributed by atoms with van der Waals surface area (Å²) in [6.07, 6.45) is 8.15. The smallest absolute Gasteiger partial charge is 0.281 e. The van der Waals surface area contributed by atoms with Gasteiger partial charge in [-0.05, 0) is 25.7 Å². The number of amides is 1. The molecule has 0 aromatic heterocycles. The van der Waals surface area contributed by atoms with Crippen molar-refractivity contribution in [3.63, 3.8) is 0 Å². The van der Waals surface area contributed by atoms with E-state index in [9.17, 15) is 13.2 Å². The van der Waals surface area contributed by atoms with E-state index in [-0.39, 0.29) is 11.8 Å². The van der Waals surface area contributed by atoms with Crippen LogP contribution in [-0.2, 0) is 15.0 Å². The molecule has 24 heavy (non-hydrogen) atoms. The fourth-order valence-corrected chi connectivity index (χ4v) is 5.78. The van der Waals surface area contributed by atoms with Crippen LogP contribution < -0.4 is 5.32 Å². The van der Waals surface area contributed by atoms with Gasteiger partial charge < -0.3 is 5.32 Å². The minimum Gasteiger partial charge on any atom is -0.355 e. The number of nitrogens with zero attached hydrogens (tertiary/aromatic N) is 2. The molecular formula is C16H31N3O3S2. The van der Waals surface area contributed by atoms with Gasteiger partial charge in [0.15, 0.2) is 0 Å². The predicted octanol–water partition coefficient (Wildman–Crippen LogP) is 1.69. The molecular weight excluding hydrogens is 346 g/mol. The molecule has 1 amide bonds. The first-order valence-corrected chi connectivity index (χ1v) is 11.4. The SMILES string of the molecule is CN(C)S(=O)(=O)N1CCCC(C(=O)NCCSC2CCCCC2)C1. The van der Waals surface area contributed by atoms with E-state index >= 15 is 0 Å². The molecule has 0 aromatic carbocycles. The fourth-order valence-electron chi connectivity index (χ4n) is 3.37. The lowest BCUT2D eigenvalue weighted by Crippen LogP contribution is -2.49. The molecule has 2 rings (SSSR count). The normalized spacial score (nSPS) is 24.2. The average molecular weight is 378 g/mol. The second kappa shape index (κ2) is 9.40. The first kappa shape index (κ1) is 20.0. The number of thioether (sulfide) groups is 1. The first-order chi connectivity index (χ1) is 11.4. The molecule has 8 heteroatoms. The van der Waals surface area contributed by atoms with E-state index in [2.05, 4.69) is 5.32 Å². The van der Waals surface area contributed by atoms with Crippen molar-refractivity contribution >= 4 is 27.9 Å². The summed E-state index contributed by atoms with van der Waals surface area (Å²) in [5, 5.41) is 3.75. The van der Waals surface area contributed by atoms with Crippen molar-refractivity contribution in [1.29, 1.82) is 0 Å². The number of carbonyl (C=O) groups excluding carboxylic acids is 1. The quantitative estimate of drug-likeness (QED) is 0.686. The topological polar surface area (TPSA) is 69.7 Å². The van der Waals surface area contributed by atoms with Crippen LogP contribution in [-0.4, -0.2) is 67.7 Å². The van der Waals surface area contributed by atoms with Crippen LogP contribution in [0.4, 0.5) is 0 Å². The summed E-state index contributed by atoms with van der Waals surface area (Å²) in [7, 11) is -0.365. The van der Waals surface area contributed by atoms with Crippen molar-refractivity contribution in [3.8, 4) is 0 Å². The van der Waals surface area contributed by atoms with Crippen molar-refractivity contribution in [1.82, 2.24) is 13.9 Å². The summed E-state index contributed by atoms with van der Waals surface area (Å²) in [5.74, 6) is 0.717. The van der Waals surface area contributed by atoms with Crippen molar-refractivity contribution in [3.05, 3.63) is 0 Å². The first-order valence-electron chi connectivity index (χ1n) is 8.98. The van der Waals surface area contributed by atoms with Gasteiger partial charge in [0.1, 0.15) is 0 Å². The number of rotatable bonds is 7. The fraction of sp³-hybridized carbons (Fsp3) is 0.938. The van der Waals surface area contributed by atoms with Crippen LogP contribution in [0.2, 0.25) is 0 Å². The molecule has 0 spiro atoms. The van der Waals surface area contributed by atoms with Gasteiger partial charge in [0, 0.05) is 44.7 Å². The van der Waals surface area contributed by atoms with Gasteiger partial charge in [-0.2, -0.15) is 28.8 Å². The Morgan fingerprint density at radius 3 is 2.54 bits per heavy atom. The Kier molecular flexibility index (Phi) is 7.84. The average Bonchev–Trinajstić information content (AvgIpc) is 2.59. The molecule has 1 aliphatic heterocycles. The number of piperidine rings is 1. The maximum absolute atomic E-state index is 12.3. The summed E-state index contributed by atoms with van der Waals surface area (Å²) in [5.41, 5.74) is 0. The van der Waals surface area contributed by atoms with Gasteiger partial charge in [0.25, 0.3) is 10.2 Å². The van der Waals surface area contributed by atoms with E-state index in [0.29, 0.717) is 19.6 Å². The van der Waals surface area contributed by atoms with Crippen LogP contribution in [0.5, 0.6) is 0 Å². The highest BCUT2D eigenvalue weighted by atomic mass is 32.2. The molecule has 0 aromatic rings. The van der Waals surface area contributed by atoms with Crippen molar-refractivity contribution in [2.75, 3.05) is 39.5 Å². The zero-order valence-corrected chi connectivity index (χ0v) is 16.5. The Labute approximate surface area is 150 Å². The van der Waals surface area contributed by atoms with Gasteiger partial charge in [0.2, 0.25) is 5.91 Å². The Hall–Kier alpha value is -0.310. The summed E-state index contributed by atoms with van der Waals surface area (Å²) in [6, 6.07) is 0. The number of hydrogen-bond donors (Lipinski definition) is 1. The second-order valence-electron chi connectivity index (χ2n) is 6.91. The summed E-state index contributed by atoms with van der Waals surface area (Å²) in [4.78, 5) is 12.3. The molecule has 1 saturated carbocycles. The maximum Gasteiger partial charge on any atom is 0.281 e. The summed E-state index contributed by atoms with van der Waals surface area (Å²) < 4.78 is 27.1. The molecule has 1 unspecified atom stereocenters. The standard InChI is InChI=1S/C16H31N3O3S2/c1-18(2)24(21,22)19-11-6-7-14(13-19)16(20)17-10-12-23-15-8-4-3-5-9-15/h14-15H,3-13H2,1-2H3,(H,17,20). The van der Waals surface area contributed by atoms with Gasteiger partial charge in [0.05, 0.1) is 5.92 Å². The molecule has 0 bridgehead atoms. The number of carbonyl (C=O) groups is 1.